The van der Waals surface area contributed by atoms with Gasteiger partial charge in [-0.15, -0.1) is 0 Å². The van der Waals surface area contributed by atoms with Crippen LogP contribution < -0.4 is 21.3 Å². The van der Waals surface area contributed by atoms with Crippen molar-refractivity contribution in [2.75, 3.05) is 42.7 Å². The molecule has 1 fully saturated rings. The van der Waals surface area contributed by atoms with Crippen molar-refractivity contribution in [3.05, 3.63) is 0 Å². The monoisotopic (exact) mass is 453 g/mol. The molecule has 2 rings (SSSR count). The molecule has 1 saturated heterocycles. The topological polar surface area (TPSA) is 136 Å². The van der Waals surface area contributed by atoms with E-state index in [9.17, 15) is 10.2 Å². The smallest absolute Gasteiger partial charge is 0.229 e. The predicted molar refractivity (Wildman–Crippen MR) is 128 cm³/mol. The standard InChI is InChI=1S/C22H43N7O3/c1-14(30)12-24-19-26-18(27-20(28-19)25-13-15(2)31)23-9-8-17(32-7)16-10-21(3,4)29-22(5,6)11-16/h14-17,29-31H,8-13H2,1-7H3,(H3,23,24,25,26,27,28). The van der Waals surface area contributed by atoms with Crippen molar-refractivity contribution in [3.8, 4) is 0 Å². The predicted octanol–water partition coefficient (Wildman–Crippen LogP) is 1.83. The third-order valence-electron chi connectivity index (χ3n) is 5.51. The molecule has 0 aliphatic carbocycles. The lowest BCUT2D eigenvalue weighted by molar-refractivity contribution is -0.00438. The third-order valence-corrected chi connectivity index (χ3v) is 5.51. The van der Waals surface area contributed by atoms with Gasteiger partial charge in [0.15, 0.2) is 0 Å². The lowest BCUT2D eigenvalue weighted by atomic mass is 9.73. The highest BCUT2D eigenvalue weighted by Crippen LogP contribution is 2.36. The van der Waals surface area contributed by atoms with Gasteiger partial charge in [-0.05, 0) is 66.7 Å². The average molecular weight is 454 g/mol. The van der Waals surface area contributed by atoms with Gasteiger partial charge in [-0.2, -0.15) is 15.0 Å². The number of ether oxygens (including phenoxy) is 1. The quantitative estimate of drug-likeness (QED) is 0.278. The normalized spacial score (nSPS) is 20.9. The van der Waals surface area contributed by atoms with Crippen LogP contribution in [0.3, 0.4) is 0 Å². The first kappa shape index (κ1) is 26.5. The van der Waals surface area contributed by atoms with Crippen LogP contribution in [-0.2, 0) is 4.74 Å². The van der Waals surface area contributed by atoms with Gasteiger partial charge in [0.05, 0.1) is 18.3 Å². The van der Waals surface area contributed by atoms with Gasteiger partial charge in [0.25, 0.3) is 0 Å². The Bertz CT molecular complexity index is 667. The molecule has 0 bridgehead atoms. The Hall–Kier alpha value is -1.75. The second-order valence-electron chi connectivity index (χ2n) is 10.3. The van der Waals surface area contributed by atoms with Crippen LogP contribution >= 0.6 is 0 Å². The van der Waals surface area contributed by atoms with Crippen LogP contribution in [0.15, 0.2) is 0 Å². The lowest BCUT2D eigenvalue weighted by Crippen LogP contribution is -2.59. The number of aromatic nitrogens is 3. The number of hydrogen-bond donors (Lipinski definition) is 6. The summed E-state index contributed by atoms with van der Waals surface area (Å²) in [5, 5.41) is 32.1. The van der Waals surface area contributed by atoms with Gasteiger partial charge < -0.3 is 36.2 Å². The Morgan fingerprint density at radius 2 is 1.34 bits per heavy atom. The summed E-state index contributed by atoms with van der Waals surface area (Å²) >= 11 is 0. The van der Waals surface area contributed by atoms with Crippen LogP contribution in [0, 0.1) is 5.92 Å². The van der Waals surface area contributed by atoms with Crippen molar-refractivity contribution in [3.63, 3.8) is 0 Å². The highest BCUT2D eigenvalue weighted by Gasteiger charge is 2.40. The summed E-state index contributed by atoms with van der Waals surface area (Å²) in [4.78, 5) is 13.1. The molecule has 184 valence electrons. The molecule has 0 aromatic carbocycles. The number of nitrogens with one attached hydrogen (secondary N) is 4. The zero-order chi connectivity index (χ0) is 23.9. The zero-order valence-corrected chi connectivity index (χ0v) is 20.7. The van der Waals surface area contributed by atoms with Crippen LogP contribution in [0.1, 0.15) is 60.8 Å². The largest absolute Gasteiger partial charge is 0.392 e. The number of hydrogen-bond acceptors (Lipinski definition) is 10. The molecule has 3 unspecified atom stereocenters. The minimum absolute atomic E-state index is 0.0691. The minimum Gasteiger partial charge on any atom is -0.392 e. The van der Waals surface area contributed by atoms with Crippen LogP contribution in [0.2, 0.25) is 0 Å². The Morgan fingerprint density at radius 1 is 0.906 bits per heavy atom. The van der Waals surface area contributed by atoms with E-state index in [4.69, 9.17) is 4.74 Å². The second kappa shape index (κ2) is 11.4. The fraction of sp³-hybridized carbons (Fsp3) is 0.864. The molecule has 0 spiro atoms. The molecule has 1 aromatic rings. The minimum atomic E-state index is -0.530. The summed E-state index contributed by atoms with van der Waals surface area (Å²) in [5.74, 6) is 1.61. The summed E-state index contributed by atoms with van der Waals surface area (Å²) in [6.45, 7) is 13.7. The third kappa shape index (κ3) is 9.01. The number of methoxy groups -OCH3 is 1. The molecular formula is C22H43N7O3. The molecule has 0 radical (unpaired) electrons. The van der Waals surface area contributed by atoms with E-state index in [1.807, 2.05) is 0 Å². The van der Waals surface area contributed by atoms with E-state index < -0.39 is 12.2 Å². The molecule has 3 atom stereocenters. The van der Waals surface area contributed by atoms with Crippen LogP contribution in [0.5, 0.6) is 0 Å². The highest BCUT2D eigenvalue weighted by molar-refractivity contribution is 5.42. The Balaban J connectivity index is 2.02. The fourth-order valence-corrected chi connectivity index (χ4v) is 4.63. The fourth-order valence-electron chi connectivity index (χ4n) is 4.63. The SMILES string of the molecule is COC(CCNc1nc(NCC(C)O)nc(NCC(C)O)n1)C1CC(C)(C)NC(C)(C)C1. The summed E-state index contributed by atoms with van der Waals surface area (Å²) < 4.78 is 5.89. The molecule has 10 heteroatoms. The van der Waals surface area contributed by atoms with E-state index in [0.29, 0.717) is 43.4 Å². The van der Waals surface area contributed by atoms with E-state index >= 15 is 0 Å². The maximum atomic E-state index is 9.54. The molecule has 32 heavy (non-hydrogen) atoms. The van der Waals surface area contributed by atoms with Crippen molar-refractivity contribution in [2.45, 2.75) is 90.2 Å². The van der Waals surface area contributed by atoms with Crippen LogP contribution in [0.25, 0.3) is 0 Å². The first-order valence-electron chi connectivity index (χ1n) is 11.5. The molecule has 1 aromatic heterocycles. The molecule has 6 N–H and O–H groups in total. The molecule has 0 amide bonds. The first-order valence-corrected chi connectivity index (χ1v) is 11.5. The Labute approximate surface area is 192 Å². The zero-order valence-electron chi connectivity index (χ0n) is 20.7. The van der Waals surface area contributed by atoms with Gasteiger partial charge in [-0.25, -0.2) is 0 Å². The van der Waals surface area contributed by atoms with Gasteiger partial charge in [-0.1, -0.05) is 0 Å². The van der Waals surface area contributed by atoms with Crippen molar-refractivity contribution < 1.29 is 14.9 Å². The Kier molecular flexibility index (Phi) is 9.44. The number of piperidine rings is 1. The van der Waals surface area contributed by atoms with E-state index in [1.54, 1.807) is 21.0 Å². The van der Waals surface area contributed by atoms with E-state index in [-0.39, 0.29) is 17.2 Å². The number of anilines is 3. The van der Waals surface area contributed by atoms with Crippen LogP contribution in [0.4, 0.5) is 17.8 Å². The maximum absolute atomic E-state index is 9.54. The van der Waals surface area contributed by atoms with Gasteiger partial charge in [0, 0.05) is 37.8 Å². The van der Waals surface area contributed by atoms with Crippen molar-refractivity contribution in [1.82, 2.24) is 20.3 Å². The lowest BCUT2D eigenvalue weighted by Gasteiger charge is -2.48. The molecule has 1 aliphatic heterocycles. The molecule has 2 heterocycles. The summed E-state index contributed by atoms with van der Waals surface area (Å²) in [6.07, 6.45) is 2.01. The molecule has 0 saturated carbocycles. The van der Waals surface area contributed by atoms with Crippen molar-refractivity contribution in [2.24, 2.45) is 5.92 Å². The van der Waals surface area contributed by atoms with E-state index in [2.05, 4.69) is 63.9 Å². The van der Waals surface area contributed by atoms with Gasteiger partial charge in [0.2, 0.25) is 17.8 Å². The van der Waals surface area contributed by atoms with Crippen molar-refractivity contribution >= 4 is 17.8 Å². The maximum Gasteiger partial charge on any atom is 0.229 e. The van der Waals surface area contributed by atoms with E-state index in [0.717, 1.165) is 19.3 Å². The average Bonchev–Trinajstić information content (AvgIpc) is 2.65. The summed E-state index contributed by atoms with van der Waals surface area (Å²) in [6, 6.07) is 0. The van der Waals surface area contributed by atoms with Crippen molar-refractivity contribution in [1.29, 1.82) is 0 Å². The number of aliphatic hydroxyl groups is 2. The van der Waals surface area contributed by atoms with Crippen LogP contribution in [-0.4, -0.2) is 81.3 Å². The number of aliphatic hydroxyl groups excluding tert-OH is 2. The molecule has 10 nitrogen and oxygen atoms in total. The highest BCUT2D eigenvalue weighted by atomic mass is 16.5. The van der Waals surface area contributed by atoms with Gasteiger partial charge in [-0.3, -0.25) is 0 Å². The van der Waals surface area contributed by atoms with Gasteiger partial charge >= 0.3 is 0 Å². The summed E-state index contributed by atoms with van der Waals surface area (Å²) in [5.41, 5.74) is 0.138. The number of nitrogens with zero attached hydrogens (tertiary/aromatic N) is 3. The molecule has 1 aliphatic rings. The second-order valence-corrected chi connectivity index (χ2v) is 10.3. The molecular weight excluding hydrogens is 410 g/mol. The Morgan fingerprint density at radius 3 is 1.75 bits per heavy atom. The summed E-state index contributed by atoms with van der Waals surface area (Å²) in [7, 11) is 1.78. The number of rotatable bonds is 12. The van der Waals surface area contributed by atoms with Gasteiger partial charge in [0.1, 0.15) is 0 Å². The first-order chi connectivity index (χ1) is 14.9. The van der Waals surface area contributed by atoms with E-state index in [1.165, 1.54) is 0 Å².